The van der Waals surface area contributed by atoms with Crippen molar-refractivity contribution in [3.8, 4) is 0 Å². The van der Waals surface area contributed by atoms with Crippen molar-refractivity contribution < 1.29 is 0 Å². The van der Waals surface area contributed by atoms with Crippen LogP contribution in [0, 0.1) is 11.3 Å². The summed E-state index contributed by atoms with van der Waals surface area (Å²) in [7, 11) is 0. The van der Waals surface area contributed by atoms with Crippen molar-refractivity contribution in [1.29, 1.82) is 0 Å². The predicted octanol–water partition coefficient (Wildman–Crippen LogP) is 2.27. The SMILES string of the molecule is CC1(C)CCCC1c1nc(N2CCCC(CN)C2)n[nH]1. The Kier molecular flexibility index (Phi) is 3.71. The van der Waals surface area contributed by atoms with Crippen LogP contribution in [0.5, 0.6) is 0 Å². The lowest BCUT2D eigenvalue weighted by molar-refractivity contribution is 0.322. The van der Waals surface area contributed by atoms with Crippen molar-refractivity contribution in [2.24, 2.45) is 17.1 Å². The molecule has 1 saturated carbocycles. The smallest absolute Gasteiger partial charge is 0.244 e. The molecule has 1 saturated heterocycles. The maximum absolute atomic E-state index is 5.81. The Morgan fingerprint density at radius 1 is 1.35 bits per heavy atom. The largest absolute Gasteiger partial charge is 0.339 e. The number of hydrogen-bond donors (Lipinski definition) is 2. The van der Waals surface area contributed by atoms with E-state index in [1.54, 1.807) is 0 Å². The van der Waals surface area contributed by atoms with Gasteiger partial charge < -0.3 is 10.6 Å². The number of aromatic amines is 1. The fourth-order valence-electron chi connectivity index (χ4n) is 3.83. The Bertz CT molecular complexity index is 453. The molecule has 0 radical (unpaired) electrons. The summed E-state index contributed by atoms with van der Waals surface area (Å²) in [6.45, 7) is 7.52. The molecule has 20 heavy (non-hydrogen) atoms. The van der Waals surface area contributed by atoms with Gasteiger partial charge in [-0.15, -0.1) is 5.10 Å². The summed E-state index contributed by atoms with van der Waals surface area (Å²) in [6.07, 6.45) is 6.24. The number of rotatable bonds is 3. The third-order valence-corrected chi connectivity index (χ3v) is 5.21. The van der Waals surface area contributed by atoms with Crippen LogP contribution in [-0.2, 0) is 0 Å². The van der Waals surface area contributed by atoms with Crippen LogP contribution in [-0.4, -0.2) is 34.8 Å². The summed E-state index contributed by atoms with van der Waals surface area (Å²) < 4.78 is 0. The zero-order chi connectivity index (χ0) is 14.2. The molecule has 5 heteroatoms. The molecule has 2 atom stereocenters. The summed E-state index contributed by atoms with van der Waals surface area (Å²) in [5, 5.41) is 7.67. The Morgan fingerprint density at radius 3 is 2.90 bits per heavy atom. The van der Waals surface area contributed by atoms with E-state index < -0.39 is 0 Å². The van der Waals surface area contributed by atoms with Crippen LogP contribution in [0.25, 0.3) is 0 Å². The second-order valence-corrected chi connectivity index (χ2v) is 7.14. The first kappa shape index (κ1) is 13.9. The van der Waals surface area contributed by atoms with E-state index in [4.69, 9.17) is 10.7 Å². The first-order chi connectivity index (χ1) is 9.60. The lowest BCUT2D eigenvalue weighted by Crippen LogP contribution is -2.39. The Labute approximate surface area is 121 Å². The van der Waals surface area contributed by atoms with Gasteiger partial charge in [0, 0.05) is 19.0 Å². The number of nitrogens with zero attached hydrogens (tertiary/aromatic N) is 3. The molecule has 2 fully saturated rings. The average molecular weight is 277 g/mol. The molecule has 0 bridgehead atoms. The van der Waals surface area contributed by atoms with E-state index in [-0.39, 0.29) is 0 Å². The summed E-state index contributed by atoms with van der Waals surface area (Å²) in [5.74, 6) is 3.07. The quantitative estimate of drug-likeness (QED) is 0.889. The minimum atomic E-state index is 0.346. The van der Waals surface area contributed by atoms with Crippen LogP contribution >= 0.6 is 0 Å². The van der Waals surface area contributed by atoms with Gasteiger partial charge in [0.2, 0.25) is 5.95 Å². The Morgan fingerprint density at radius 2 is 2.20 bits per heavy atom. The highest BCUT2D eigenvalue weighted by molar-refractivity contribution is 5.30. The molecule has 5 nitrogen and oxygen atoms in total. The molecule has 3 rings (SSSR count). The van der Waals surface area contributed by atoms with E-state index in [9.17, 15) is 0 Å². The van der Waals surface area contributed by atoms with E-state index in [1.165, 1.54) is 32.1 Å². The molecular weight excluding hydrogens is 250 g/mol. The highest BCUT2D eigenvalue weighted by Gasteiger charge is 2.38. The number of nitrogens with two attached hydrogens (primary N) is 1. The number of hydrogen-bond acceptors (Lipinski definition) is 4. The van der Waals surface area contributed by atoms with Gasteiger partial charge >= 0.3 is 0 Å². The molecular formula is C15H27N5. The van der Waals surface area contributed by atoms with Gasteiger partial charge in [-0.1, -0.05) is 20.3 Å². The van der Waals surface area contributed by atoms with Crippen molar-refractivity contribution in [1.82, 2.24) is 15.2 Å². The van der Waals surface area contributed by atoms with Crippen molar-refractivity contribution in [2.45, 2.75) is 51.9 Å². The Balaban J connectivity index is 1.73. The van der Waals surface area contributed by atoms with Crippen LogP contribution in [0.15, 0.2) is 0 Å². The van der Waals surface area contributed by atoms with Crippen LogP contribution in [0.4, 0.5) is 5.95 Å². The summed E-state index contributed by atoms with van der Waals surface area (Å²) in [5.41, 5.74) is 6.15. The normalized spacial score (nSPS) is 29.9. The molecule has 1 aliphatic carbocycles. The highest BCUT2D eigenvalue weighted by atomic mass is 15.4. The maximum atomic E-state index is 5.81. The molecule has 112 valence electrons. The van der Waals surface area contributed by atoms with Gasteiger partial charge in [-0.05, 0) is 43.6 Å². The molecule has 2 unspecified atom stereocenters. The first-order valence-corrected chi connectivity index (χ1v) is 7.97. The second-order valence-electron chi connectivity index (χ2n) is 7.14. The third-order valence-electron chi connectivity index (χ3n) is 5.21. The lowest BCUT2D eigenvalue weighted by Gasteiger charge is -2.31. The molecule has 1 aromatic rings. The van der Waals surface area contributed by atoms with Gasteiger partial charge in [-0.25, -0.2) is 0 Å². The van der Waals surface area contributed by atoms with Crippen LogP contribution < -0.4 is 10.6 Å². The maximum Gasteiger partial charge on any atom is 0.244 e. The zero-order valence-electron chi connectivity index (χ0n) is 12.7. The van der Waals surface area contributed by atoms with Gasteiger partial charge in [0.1, 0.15) is 5.82 Å². The molecule has 0 spiro atoms. The standard InChI is InChI=1S/C15H27N5/c1-15(2)7-3-6-12(15)13-17-14(19-18-13)20-8-4-5-11(9-16)10-20/h11-12H,3-10,16H2,1-2H3,(H,17,18,19). The predicted molar refractivity (Wildman–Crippen MR) is 80.7 cm³/mol. The van der Waals surface area contributed by atoms with E-state index in [1.807, 2.05) is 0 Å². The minimum absolute atomic E-state index is 0.346. The molecule has 0 aromatic carbocycles. The van der Waals surface area contributed by atoms with Gasteiger partial charge in [0.25, 0.3) is 0 Å². The molecule has 1 aliphatic heterocycles. The fourth-order valence-corrected chi connectivity index (χ4v) is 3.83. The Hall–Kier alpha value is -1.10. The van der Waals surface area contributed by atoms with E-state index in [2.05, 4.69) is 28.9 Å². The molecule has 3 N–H and O–H groups in total. The fraction of sp³-hybridized carbons (Fsp3) is 0.867. The highest BCUT2D eigenvalue weighted by Crippen LogP contribution is 2.47. The monoisotopic (exact) mass is 277 g/mol. The average Bonchev–Trinajstić information content (AvgIpc) is 3.04. The zero-order valence-corrected chi connectivity index (χ0v) is 12.7. The van der Waals surface area contributed by atoms with Crippen LogP contribution in [0.2, 0.25) is 0 Å². The number of nitrogens with one attached hydrogen (secondary N) is 1. The van der Waals surface area contributed by atoms with E-state index >= 15 is 0 Å². The molecule has 2 aliphatic rings. The van der Waals surface area contributed by atoms with E-state index in [0.717, 1.165) is 31.4 Å². The summed E-state index contributed by atoms with van der Waals surface area (Å²) in [6, 6.07) is 0. The number of aromatic nitrogens is 3. The number of H-pyrrole nitrogens is 1. The second kappa shape index (κ2) is 5.35. The van der Waals surface area contributed by atoms with Crippen molar-refractivity contribution in [3.63, 3.8) is 0 Å². The van der Waals surface area contributed by atoms with Gasteiger partial charge in [-0.3, -0.25) is 5.10 Å². The van der Waals surface area contributed by atoms with Gasteiger partial charge in [-0.2, -0.15) is 4.98 Å². The summed E-state index contributed by atoms with van der Waals surface area (Å²) in [4.78, 5) is 7.09. The third kappa shape index (κ3) is 2.55. The molecule has 2 heterocycles. The van der Waals surface area contributed by atoms with Crippen LogP contribution in [0.3, 0.4) is 0 Å². The van der Waals surface area contributed by atoms with Crippen LogP contribution in [0.1, 0.15) is 57.7 Å². The lowest BCUT2D eigenvalue weighted by atomic mass is 9.81. The number of piperidine rings is 1. The number of anilines is 1. The molecule has 1 aromatic heterocycles. The topological polar surface area (TPSA) is 70.8 Å². The minimum Gasteiger partial charge on any atom is -0.339 e. The summed E-state index contributed by atoms with van der Waals surface area (Å²) >= 11 is 0. The molecule has 0 amide bonds. The first-order valence-electron chi connectivity index (χ1n) is 7.97. The van der Waals surface area contributed by atoms with Crippen molar-refractivity contribution in [2.75, 3.05) is 24.5 Å². The van der Waals surface area contributed by atoms with E-state index in [0.29, 0.717) is 17.3 Å². The van der Waals surface area contributed by atoms with Gasteiger partial charge in [0.05, 0.1) is 0 Å². The van der Waals surface area contributed by atoms with Gasteiger partial charge in [0.15, 0.2) is 0 Å². The van der Waals surface area contributed by atoms with Crippen molar-refractivity contribution >= 4 is 5.95 Å². The van der Waals surface area contributed by atoms with Crippen molar-refractivity contribution in [3.05, 3.63) is 5.82 Å².